The van der Waals surface area contributed by atoms with Crippen LogP contribution in [0.25, 0.3) is 6.08 Å². The van der Waals surface area contributed by atoms with E-state index in [0.717, 1.165) is 22.4 Å². The van der Waals surface area contributed by atoms with E-state index in [1.165, 1.54) is 5.01 Å². The Balaban J connectivity index is 1.48. The number of amidine groups is 1. The lowest BCUT2D eigenvalue weighted by atomic mass is 10.2. The van der Waals surface area contributed by atoms with Crippen molar-refractivity contribution in [2.24, 2.45) is 10.1 Å². The molecule has 7 heteroatoms. The number of amides is 1. The number of ether oxygens (including phenoxy) is 3. The van der Waals surface area contributed by atoms with Gasteiger partial charge >= 0.3 is 0 Å². The lowest BCUT2D eigenvalue weighted by Crippen LogP contribution is -2.27. The van der Waals surface area contributed by atoms with Gasteiger partial charge in [0.05, 0.1) is 13.3 Å². The smallest absolute Gasteiger partial charge is 0.298 e. The molecule has 3 aromatic carbocycles. The van der Waals surface area contributed by atoms with Crippen molar-refractivity contribution in [2.75, 3.05) is 13.9 Å². The molecule has 158 valence electrons. The van der Waals surface area contributed by atoms with Crippen LogP contribution >= 0.6 is 0 Å². The SMILES string of the molecule is COc1ccc(/C=C2/N=C(c3ccccc3)N(/N=C/c3ccc4c(c3)OCO4)C2=O)cc1. The molecule has 7 nitrogen and oxygen atoms in total. The third-order valence-electron chi connectivity index (χ3n) is 5.01. The number of aliphatic imine (C=N–C) groups is 1. The molecule has 2 aliphatic rings. The van der Waals surface area contributed by atoms with Gasteiger partial charge in [-0.3, -0.25) is 4.79 Å². The van der Waals surface area contributed by atoms with Crippen LogP contribution in [-0.4, -0.2) is 36.9 Å². The third-order valence-corrected chi connectivity index (χ3v) is 5.01. The quantitative estimate of drug-likeness (QED) is 0.456. The fourth-order valence-corrected chi connectivity index (χ4v) is 3.36. The maximum absolute atomic E-state index is 13.2. The fraction of sp³-hybridized carbons (Fsp3) is 0.0800. The first-order valence-corrected chi connectivity index (χ1v) is 9.99. The molecule has 3 aromatic rings. The van der Waals surface area contributed by atoms with Crippen molar-refractivity contribution >= 4 is 24.0 Å². The van der Waals surface area contributed by atoms with Crippen LogP contribution in [0, 0.1) is 0 Å². The van der Waals surface area contributed by atoms with Gasteiger partial charge in [-0.2, -0.15) is 10.1 Å². The van der Waals surface area contributed by atoms with Crippen LogP contribution in [0.5, 0.6) is 17.2 Å². The number of hydrogen-bond acceptors (Lipinski definition) is 6. The summed E-state index contributed by atoms with van der Waals surface area (Å²) in [5, 5.41) is 5.76. The second-order valence-electron chi connectivity index (χ2n) is 7.08. The summed E-state index contributed by atoms with van der Waals surface area (Å²) in [4.78, 5) is 17.8. The molecular weight excluding hydrogens is 406 g/mol. The predicted molar refractivity (Wildman–Crippen MR) is 121 cm³/mol. The highest BCUT2D eigenvalue weighted by Gasteiger charge is 2.31. The Bertz CT molecular complexity index is 1250. The van der Waals surface area contributed by atoms with Crippen LogP contribution in [0.3, 0.4) is 0 Å². The average Bonchev–Trinajstić information content (AvgIpc) is 3.43. The molecule has 0 spiro atoms. The summed E-state index contributed by atoms with van der Waals surface area (Å²) < 4.78 is 16.0. The van der Waals surface area contributed by atoms with Gasteiger partial charge in [-0.15, -0.1) is 0 Å². The van der Waals surface area contributed by atoms with E-state index in [4.69, 9.17) is 14.2 Å². The Kier molecular flexibility index (Phi) is 5.13. The highest BCUT2D eigenvalue weighted by Crippen LogP contribution is 2.32. The Morgan fingerprint density at radius 2 is 1.72 bits per heavy atom. The highest BCUT2D eigenvalue weighted by atomic mass is 16.7. The molecule has 2 aliphatic heterocycles. The van der Waals surface area contributed by atoms with E-state index in [1.54, 1.807) is 19.4 Å². The largest absolute Gasteiger partial charge is 0.497 e. The minimum Gasteiger partial charge on any atom is -0.497 e. The number of hydrogen-bond donors (Lipinski definition) is 0. The van der Waals surface area contributed by atoms with E-state index in [-0.39, 0.29) is 12.7 Å². The molecule has 0 aromatic heterocycles. The Morgan fingerprint density at radius 3 is 2.50 bits per heavy atom. The van der Waals surface area contributed by atoms with Crippen LogP contribution in [0.15, 0.2) is 88.6 Å². The van der Waals surface area contributed by atoms with Gasteiger partial charge in [0.15, 0.2) is 17.3 Å². The zero-order chi connectivity index (χ0) is 21.9. The standard InChI is InChI=1S/C25H19N3O4/c1-30-20-10-7-17(8-11-20)13-21-25(29)28(24(27-21)19-5-3-2-4-6-19)26-15-18-9-12-22-23(14-18)32-16-31-22/h2-15H,16H2,1H3/b21-13+,26-15+. The summed E-state index contributed by atoms with van der Waals surface area (Å²) in [6, 6.07) is 22.4. The van der Waals surface area contributed by atoms with Crippen molar-refractivity contribution in [3.8, 4) is 17.2 Å². The van der Waals surface area contributed by atoms with Gasteiger partial charge in [0.1, 0.15) is 11.4 Å². The van der Waals surface area contributed by atoms with Crippen molar-refractivity contribution in [1.29, 1.82) is 0 Å². The monoisotopic (exact) mass is 425 g/mol. The molecular formula is C25H19N3O4. The molecule has 1 amide bonds. The number of rotatable bonds is 5. The fourth-order valence-electron chi connectivity index (χ4n) is 3.36. The average molecular weight is 425 g/mol. The molecule has 0 unspecified atom stereocenters. The van der Waals surface area contributed by atoms with Gasteiger partial charge in [-0.1, -0.05) is 42.5 Å². The van der Waals surface area contributed by atoms with Crippen molar-refractivity contribution in [2.45, 2.75) is 0 Å². The highest BCUT2D eigenvalue weighted by molar-refractivity contribution is 6.19. The Labute approximate surface area is 184 Å². The topological polar surface area (TPSA) is 72.7 Å². The molecule has 32 heavy (non-hydrogen) atoms. The van der Waals surface area contributed by atoms with Crippen molar-refractivity contribution in [3.05, 3.63) is 95.2 Å². The molecule has 5 rings (SSSR count). The van der Waals surface area contributed by atoms with Gasteiger partial charge in [0.2, 0.25) is 6.79 Å². The summed E-state index contributed by atoms with van der Waals surface area (Å²) in [6.07, 6.45) is 3.34. The number of benzene rings is 3. The van der Waals surface area contributed by atoms with Crippen LogP contribution in [0.1, 0.15) is 16.7 Å². The normalized spacial score (nSPS) is 16.2. The van der Waals surface area contributed by atoms with Crippen LogP contribution < -0.4 is 14.2 Å². The lowest BCUT2D eigenvalue weighted by Gasteiger charge is -2.12. The van der Waals surface area contributed by atoms with Gasteiger partial charge in [0.25, 0.3) is 5.91 Å². The summed E-state index contributed by atoms with van der Waals surface area (Å²) in [7, 11) is 1.61. The minimum absolute atomic E-state index is 0.199. The number of methoxy groups -OCH3 is 1. The zero-order valence-corrected chi connectivity index (χ0v) is 17.3. The van der Waals surface area contributed by atoms with Gasteiger partial charge < -0.3 is 14.2 Å². The van der Waals surface area contributed by atoms with Gasteiger partial charge in [-0.25, -0.2) is 4.99 Å². The van der Waals surface area contributed by atoms with Crippen molar-refractivity contribution in [1.82, 2.24) is 5.01 Å². The van der Waals surface area contributed by atoms with E-state index < -0.39 is 0 Å². The summed E-state index contributed by atoms with van der Waals surface area (Å²) >= 11 is 0. The van der Waals surface area contributed by atoms with E-state index >= 15 is 0 Å². The van der Waals surface area contributed by atoms with E-state index in [0.29, 0.717) is 23.0 Å². The number of nitrogens with zero attached hydrogens (tertiary/aromatic N) is 3. The maximum atomic E-state index is 13.2. The number of hydrazone groups is 1. The van der Waals surface area contributed by atoms with E-state index in [9.17, 15) is 4.79 Å². The van der Waals surface area contributed by atoms with E-state index in [1.807, 2.05) is 72.8 Å². The second kappa shape index (κ2) is 8.39. The Hall–Kier alpha value is -4.39. The van der Waals surface area contributed by atoms with Gasteiger partial charge in [0, 0.05) is 5.56 Å². The molecule has 0 atom stereocenters. The second-order valence-corrected chi connectivity index (χ2v) is 7.08. The summed E-state index contributed by atoms with van der Waals surface area (Å²) in [6.45, 7) is 0.199. The molecule has 0 aliphatic carbocycles. The minimum atomic E-state index is -0.309. The van der Waals surface area contributed by atoms with E-state index in [2.05, 4.69) is 10.1 Å². The molecule has 2 heterocycles. The van der Waals surface area contributed by atoms with Crippen LogP contribution in [-0.2, 0) is 4.79 Å². The molecule has 0 saturated heterocycles. The number of carbonyl (C=O) groups is 1. The first-order valence-electron chi connectivity index (χ1n) is 9.99. The van der Waals surface area contributed by atoms with Gasteiger partial charge in [-0.05, 0) is 47.5 Å². The maximum Gasteiger partial charge on any atom is 0.298 e. The van der Waals surface area contributed by atoms with Crippen LogP contribution in [0.2, 0.25) is 0 Å². The Morgan fingerprint density at radius 1 is 0.969 bits per heavy atom. The zero-order valence-electron chi connectivity index (χ0n) is 17.3. The first-order chi connectivity index (χ1) is 15.7. The summed E-state index contributed by atoms with van der Waals surface area (Å²) in [5.41, 5.74) is 2.72. The molecule has 0 radical (unpaired) electrons. The number of fused-ring (bicyclic) bond motifs is 1. The first kappa shape index (κ1) is 19.6. The molecule has 0 bridgehead atoms. The molecule has 0 N–H and O–H groups in total. The number of carbonyl (C=O) groups excluding carboxylic acids is 1. The van der Waals surface area contributed by atoms with Crippen molar-refractivity contribution < 1.29 is 19.0 Å². The van der Waals surface area contributed by atoms with Crippen LogP contribution in [0.4, 0.5) is 0 Å². The summed E-state index contributed by atoms with van der Waals surface area (Å²) in [5.74, 6) is 2.24. The lowest BCUT2D eigenvalue weighted by molar-refractivity contribution is -0.122. The predicted octanol–water partition coefficient (Wildman–Crippen LogP) is 4.09. The third kappa shape index (κ3) is 3.83. The van der Waals surface area contributed by atoms with Crippen molar-refractivity contribution in [3.63, 3.8) is 0 Å². The molecule has 0 fully saturated rings. The molecule has 0 saturated carbocycles.